The van der Waals surface area contributed by atoms with Crippen LogP contribution in [0.1, 0.15) is 30.4 Å². The third-order valence-corrected chi connectivity index (χ3v) is 5.19. The Morgan fingerprint density at radius 3 is 2.74 bits per heavy atom. The molecule has 1 heterocycles. The van der Waals surface area contributed by atoms with Crippen molar-refractivity contribution in [3.8, 4) is 0 Å². The van der Waals surface area contributed by atoms with Crippen LogP contribution < -0.4 is 5.32 Å². The fourth-order valence-corrected chi connectivity index (χ4v) is 4.05. The lowest BCUT2D eigenvalue weighted by Crippen LogP contribution is -2.31. The van der Waals surface area contributed by atoms with Gasteiger partial charge in [0.15, 0.2) is 0 Å². The molecule has 1 unspecified atom stereocenters. The standard InChI is InChI=1S/C16H24FNS/c1-12-9-15(17)4-3-14(12)11-16(18-2)10-13-5-7-19-8-6-13/h3-4,9,13,16,18H,5-8,10-11H2,1-2H3. The molecule has 0 spiro atoms. The molecule has 0 amide bonds. The summed E-state index contributed by atoms with van der Waals surface area (Å²) in [5.41, 5.74) is 2.34. The predicted molar refractivity (Wildman–Crippen MR) is 82.4 cm³/mol. The number of hydrogen-bond donors (Lipinski definition) is 1. The van der Waals surface area contributed by atoms with Gasteiger partial charge in [-0.1, -0.05) is 6.07 Å². The van der Waals surface area contributed by atoms with E-state index in [1.165, 1.54) is 36.3 Å². The second kappa shape index (κ2) is 7.30. The first-order valence-corrected chi connectivity index (χ1v) is 8.34. The summed E-state index contributed by atoms with van der Waals surface area (Å²) in [5, 5.41) is 3.44. The van der Waals surface area contributed by atoms with E-state index in [0.717, 1.165) is 17.9 Å². The molecule has 106 valence electrons. The molecule has 19 heavy (non-hydrogen) atoms. The van der Waals surface area contributed by atoms with Crippen molar-refractivity contribution in [2.45, 2.75) is 38.6 Å². The number of likely N-dealkylation sites (N-methyl/N-ethyl adjacent to an activating group) is 1. The summed E-state index contributed by atoms with van der Waals surface area (Å²) in [7, 11) is 2.04. The summed E-state index contributed by atoms with van der Waals surface area (Å²) < 4.78 is 13.1. The van der Waals surface area contributed by atoms with Gasteiger partial charge >= 0.3 is 0 Å². The Morgan fingerprint density at radius 2 is 2.11 bits per heavy atom. The van der Waals surface area contributed by atoms with Gasteiger partial charge in [0.05, 0.1) is 0 Å². The fourth-order valence-electron chi connectivity index (χ4n) is 2.84. The van der Waals surface area contributed by atoms with Gasteiger partial charge in [0.25, 0.3) is 0 Å². The molecule has 0 aliphatic carbocycles. The smallest absolute Gasteiger partial charge is 0.123 e. The van der Waals surface area contributed by atoms with Crippen molar-refractivity contribution in [3.63, 3.8) is 0 Å². The number of rotatable bonds is 5. The SMILES string of the molecule is CNC(Cc1ccc(F)cc1C)CC1CCSCC1. The second-order valence-electron chi connectivity index (χ2n) is 5.55. The van der Waals surface area contributed by atoms with Crippen LogP contribution in [0.3, 0.4) is 0 Å². The van der Waals surface area contributed by atoms with Gasteiger partial charge in [-0.3, -0.25) is 0 Å². The van der Waals surface area contributed by atoms with E-state index in [0.29, 0.717) is 6.04 Å². The zero-order valence-corrected chi connectivity index (χ0v) is 12.7. The van der Waals surface area contributed by atoms with Gasteiger partial charge in [-0.2, -0.15) is 11.8 Å². The first kappa shape index (κ1) is 14.9. The molecule has 1 N–H and O–H groups in total. The van der Waals surface area contributed by atoms with Crippen LogP contribution in [0, 0.1) is 18.7 Å². The van der Waals surface area contributed by atoms with Crippen LogP contribution in [0.15, 0.2) is 18.2 Å². The molecule has 1 nitrogen and oxygen atoms in total. The van der Waals surface area contributed by atoms with Crippen molar-refractivity contribution in [2.24, 2.45) is 5.92 Å². The first-order valence-electron chi connectivity index (χ1n) is 7.19. The van der Waals surface area contributed by atoms with E-state index in [-0.39, 0.29) is 5.82 Å². The van der Waals surface area contributed by atoms with E-state index in [4.69, 9.17) is 0 Å². The molecule has 1 aromatic carbocycles. The van der Waals surface area contributed by atoms with Crippen LogP contribution in [-0.2, 0) is 6.42 Å². The van der Waals surface area contributed by atoms with Gasteiger partial charge in [-0.25, -0.2) is 4.39 Å². The minimum absolute atomic E-state index is 0.133. The Balaban J connectivity index is 1.94. The molecule has 1 aliphatic rings. The van der Waals surface area contributed by atoms with E-state index in [9.17, 15) is 4.39 Å². The Morgan fingerprint density at radius 1 is 1.37 bits per heavy atom. The zero-order valence-electron chi connectivity index (χ0n) is 11.9. The average Bonchev–Trinajstić information content (AvgIpc) is 2.42. The summed E-state index contributed by atoms with van der Waals surface area (Å²) in [4.78, 5) is 0. The van der Waals surface area contributed by atoms with Gasteiger partial charge in [-0.15, -0.1) is 0 Å². The van der Waals surface area contributed by atoms with Gasteiger partial charge in [-0.05, 0) is 80.3 Å². The van der Waals surface area contributed by atoms with Crippen LogP contribution in [0.5, 0.6) is 0 Å². The third-order valence-electron chi connectivity index (χ3n) is 4.14. The zero-order chi connectivity index (χ0) is 13.7. The molecule has 0 aromatic heterocycles. The molecule has 2 rings (SSSR count). The van der Waals surface area contributed by atoms with E-state index in [1.807, 2.05) is 20.0 Å². The highest BCUT2D eigenvalue weighted by Crippen LogP contribution is 2.27. The third kappa shape index (κ3) is 4.50. The molecule has 3 heteroatoms. The molecule has 1 atom stereocenters. The number of halogens is 1. The van der Waals surface area contributed by atoms with Crippen LogP contribution in [0.4, 0.5) is 4.39 Å². The summed E-state index contributed by atoms with van der Waals surface area (Å²) in [6.07, 6.45) is 4.95. The van der Waals surface area contributed by atoms with Crippen molar-refractivity contribution < 1.29 is 4.39 Å². The number of thioether (sulfide) groups is 1. The van der Waals surface area contributed by atoms with Crippen molar-refractivity contribution in [1.82, 2.24) is 5.32 Å². The maximum Gasteiger partial charge on any atom is 0.123 e. The minimum atomic E-state index is -0.133. The Labute approximate surface area is 120 Å². The molecule has 1 aliphatic heterocycles. The highest BCUT2D eigenvalue weighted by atomic mass is 32.2. The van der Waals surface area contributed by atoms with Crippen LogP contribution >= 0.6 is 11.8 Å². The lowest BCUT2D eigenvalue weighted by molar-refractivity contribution is 0.376. The molecule has 0 bridgehead atoms. The summed E-state index contributed by atoms with van der Waals surface area (Å²) in [6.45, 7) is 2.00. The number of nitrogens with one attached hydrogen (secondary N) is 1. The van der Waals surface area contributed by atoms with Crippen LogP contribution in [-0.4, -0.2) is 24.6 Å². The molecular formula is C16H24FNS. The molecular weight excluding hydrogens is 257 g/mol. The fraction of sp³-hybridized carbons (Fsp3) is 0.625. The van der Waals surface area contributed by atoms with Crippen molar-refractivity contribution in [3.05, 3.63) is 35.1 Å². The van der Waals surface area contributed by atoms with Crippen LogP contribution in [0.2, 0.25) is 0 Å². The topological polar surface area (TPSA) is 12.0 Å². The van der Waals surface area contributed by atoms with Crippen molar-refractivity contribution >= 4 is 11.8 Å². The highest BCUT2D eigenvalue weighted by molar-refractivity contribution is 7.99. The van der Waals surface area contributed by atoms with E-state index >= 15 is 0 Å². The lowest BCUT2D eigenvalue weighted by atomic mass is 9.90. The Kier molecular flexibility index (Phi) is 5.71. The summed E-state index contributed by atoms with van der Waals surface area (Å²) in [5.74, 6) is 3.36. The predicted octanol–water partition coefficient (Wildman–Crippen LogP) is 3.80. The largest absolute Gasteiger partial charge is 0.317 e. The van der Waals surface area contributed by atoms with E-state index in [1.54, 1.807) is 12.1 Å². The number of aryl methyl sites for hydroxylation is 1. The monoisotopic (exact) mass is 281 g/mol. The molecule has 0 saturated carbocycles. The van der Waals surface area contributed by atoms with Gasteiger partial charge < -0.3 is 5.32 Å². The van der Waals surface area contributed by atoms with Gasteiger partial charge in [0, 0.05) is 6.04 Å². The Hall–Kier alpha value is -0.540. The number of benzene rings is 1. The summed E-state index contributed by atoms with van der Waals surface area (Å²) in [6, 6.07) is 5.66. The van der Waals surface area contributed by atoms with Crippen molar-refractivity contribution in [2.75, 3.05) is 18.6 Å². The maximum absolute atomic E-state index is 13.1. The quantitative estimate of drug-likeness (QED) is 0.881. The normalized spacial score (nSPS) is 18.5. The molecule has 1 aromatic rings. The molecule has 1 fully saturated rings. The van der Waals surface area contributed by atoms with E-state index in [2.05, 4.69) is 17.1 Å². The maximum atomic E-state index is 13.1. The summed E-state index contributed by atoms with van der Waals surface area (Å²) >= 11 is 2.08. The van der Waals surface area contributed by atoms with Crippen LogP contribution in [0.25, 0.3) is 0 Å². The van der Waals surface area contributed by atoms with Gasteiger partial charge in [0.1, 0.15) is 5.82 Å². The average molecular weight is 281 g/mol. The second-order valence-corrected chi connectivity index (χ2v) is 6.78. The van der Waals surface area contributed by atoms with Crippen molar-refractivity contribution in [1.29, 1.82) is 0 Å². The first-order chi connectivity index (χ1) is 9.19. The highest BCUT2D eigenvalue weighted by Gasteiger charge is 2.19. The Bertz CT molecular complexity index is 402. The number of hydrogen-bond acceptors (Lipinski definition) is 2. The lowest BCUT2D eigenvalue weighted by Gasteiger charge is -2.26. The minimum Gasteiger partial charge on any atom is -0.317 e. The molecule has 0 radical (unpaired) electrons. The van der Waals surface area contributed by atoms with E-state index < -0.39 is 0 Å². The molecule has 1 saturated heterocycles. The van der Waals surface area contributed by atoms with Gasteiger partial charge in [0.2, 0.25) is 0 Å².